The van der Waals surface area contributed by atoms with E-state index in [-0.39, 0.29) is 12.4 Å². The van der Waals surface area contributed by atoms with Crippen LogP contribution in [0, 0.1) is 0 Å². The smallest absolute Gasteiger partial charge is 0.349 e. The first-order valence-electron chi connectivity index (χ1n) is 7.98. The molecular weight excluding hydrogens is 324 g/mol. The molecule has 2 heterocycles. The summed E-state index contributed by atoms with van der Waals surface area (Å²) in [7, 11) is 0. The summed E-state index contributed by atoms with van der Waals surface area (Å²) in [5.74, 6) is 0.249. The van der Waals surface area contributed by atoms with Crippen molar-refractivity contribution in [1.82, 2.24) is 9.97 Å². The number of ketones is 1. The Morgan fingerprint density at radius 3 is 2.83 bits per heavy atom. The van der Waals surface area contributed by atoms with E-state index in [4.69, 9.17) is 4.74 Å². The van der Waals surface area contributed by atoms with Crippen LogP contribution in [0.15, 0.2) is 35.1 Å². The van der Waals surface area contributed by atoms with Gasteiger partial charge in [0.1, 0.15) is 4.83 Å². The molecule has 0 fully saturated rings. The lowest BCUT2D eigenvalue weighted by atomic mass is 9.97. The molecule has 1 aromatic carbocycles. The lowest BCUT2D eigenvalue weighted by molar-refractivity contribution is 0.0919. The van der Waals surface area contributed by atoms with E-state index in [1.54, 1.807) is 23.5 Å². The number of aryl methyl sites for hydroxylation is 2. The number of fused-ring (bicyclic) bond motifs is 3. The van der Waals surface area contributed by atoms with Crippen molar-refractivity contribution in [2.45, 2.75) is 25.7 Å². The van der Waals surface area contributed by atoms with Crippen LogP contribution < -0.4 is 10.4 Å². The van der Waals surface area contributed by atoms with Gasteiger partial charge in [0.15, 0.2) is 12.4 Å². The highest BCUT2D eigenvalue weighted by molar-refractivity contribution is 7.18. The molecule has 0 aliphatic heterocycles. The van der Waals surface area contributed by atoms with E-state index >= 15 is 0 Å². The molecule has 1 aliphatic rings. The molecule has 0 unspecified atom stereocenters. The van der Waals surface area contributed by atoms with Crippen LogP contribution in [-0.2, 0) is 12.8 Å². The second-order valence-electron chi connectivity index (χ2n) is 5.84. The Labute approximate surface area is 142 Å². The standard InChI is InChI=1S/C18H16N2O3S/c21-13(11-6-2-1-3-7-11)10-23-16-15-12-8-4-5-9-14(12)24-17(15)20-18(22)19-16/h1-3,6-7H,4-5,8-10H2,(H,19,20,22). The SMILES string of the molecule is O=C(COc1[nH]c(=O)nc2sc3c(c12)CCCC3)c1ccccc1. The fourth-order valence-electron chi connectivity index (χ4n) is 3.10. The van der Waals surface area contributed by atoms with Crippen LogP contribution in [0.5, 0.6) is 5.88 Å². The number of rotatable bonds is 4. The Bertz CT molecular complexity index is 960. The highest BCUT2D eigenvalue weighted by atomic mass is 32.1. The van der Waals surface area contributed by atoms with Gasteiger partial charge in [0.2, 0.25) is 5.88 Å². The number of hydrogen-bond acceptors (Lipinski definition) is 5. The number of aromatic amines is 1. The highest BCUT2D eigenvalue weighted by Crippen LogP contribution is 2.38. The first-order chi connectivity index (χ1) is 11.7. The van der Waals surface area contributed by atoms with Crippen LogP contribution in [-0.4, -0.2) is 22.4 Å². The molecule has 0 radical (unpaired) electrons. The van der Waals surface area contributed by atoms with Crippen LogP contribution >= 0.6 is 11.3 Å². The summed E-state index contributed by atoms with van der Waals surface area (Å²) in [6.45, 7) is -0.107. The fourth-order valence-corrected chi connectivity index (χ4v) is 4.35. The van der Waals surface area contributed by atoms with Gasteiger partial charge in [0.05, 0.1) is 5.39 Å². The van der Waals surface area contributed by atoms with Crippen molar-refractivity contribution in [2.75, 3.05) is 6.61 Å². The predicted molar refractivity (Wildman–Crippen MR) is 93.2 cm³/mol. The quantitative estimate of drug-likeness (QED) is 0.741. The van der Waals surface area contributed by atoms with Gasteiger partial charge in [-0.1, -0.05) is 30.3 Å². The third-order valence-electron chi connectivity index (χ3n) is 4.25. The molecule has 3 aromatic rings. The first-order valence-corrected chi connectivity index (χ1v) is 8.79. The van der Waals surface area contributed by atoms with E-state index in [2.05, 4.69) is 9.97 Å². The number of nitrogens with one attached hydrogen (secondary N) is 1. The number of thiophene rings is 1. The molecule has 0 amide bonds. The first kappa shape index (κ1) is 15.1. The molecule has 122 valence electrons. The van der Waals surface area contributed by atoms with Gasteiger partial charge in [-0.15, -0.1) is 11.3 Å². The minimum Gasteiger partial charge on any atom is -0.470 e. The molecule has 0 atom stereocenters. The number of hydrogen-bond donors (Lipinski definition) is 1. The molecule has 0 saturated heterocycles. The number of nitrogens with zero attached hydrogens (tertiary/aromatic N) is 1. The molecule has 0 spiro atoms. The largest absolute Gasteiger partial charge is 0.470 e. The van der Waals surface area contributed by atoms with E-state index in [9.17, 15) is 9.59 Å². The van der Waals surface area contributed by atoms with Crippen LogP contribution in [0.1, 0.15) is 33.6 Å². The van der Waals surface area contributed by atoms with Crippen molar-refractivity contribution in [2.24, 2.45) is 0 Å². The van der Waals surface area contributed by atoms with E-state index in [1.807, 2.05) is 18.2 Å². The van der Waals surface area contributed by atoms with E-state index < -0.39 is 5.69 Å². The minimum absolute atomic E-state index is 0.107. The topological polar surface area (TPSA) is 72.1 Å². The number of benzene rings is 1. The average molecular weight is 340 g/mol. The molecule has 5 nitrogen and oxygen atoms in total. The number of ether oxygens (including phenoxy) is 1. The number of H-pyrrole nitrogens is 1. The molecule has 1 aliphatic carbocycles. The van der Waals surface area contributed by atoms with Gasteiger partial charge in [-0.05, 0) is 31.2 Å². The van der Waals surface area contributed by atoms with Gasteiger partial charge in [0.25, 0.3) is 0 Å². The molecule has 24 heavy (non-hydrogen) atoms. The maximum atomic E-state index is 12.2. The third-order valence-corrected chi connectivity index (χ3v) is 5.43. The van der Waals surface area contributed by atoms with Crippen LogP contribution in [0.4, 0.5) is 0 Å². The van der Waals surface area contributed by atoms with Crippen molar-refractivity contribution >= 4 is 27.3 Å². The Balaban J connectivity index is 1.67. The molecule has 2 aromatic heterocycles. The second-order valence-corrected chi connectivity index (χ2v) is 6.92. The summed E-state index contributed by atoms with van der Waals surface area (Å²) in [6.07, 6.45) is 4.27. The zero-order chi connectivity index (χ0) is 16.5. The van der Waals surface area contributed by atoms with Crippen LogP contribution in [0.3, 0.4) is 0 Å². The molecular formula is C18H16N2O3S. The molecule has 0 bridgehead atoms. The van der Waals surface area contributed by atoms with Crippen molar-refractivity contribution in [3.8, 4) is 5.88 Å². The summed E-state index contributed by atoms with van der Waals surface area (Å²) in [5, 5.41) is 0.871. The van der Waals surface area contributed by atoms with E-state index in [0.29, 0.717) is 16.3 Å². The summed E-state index contributed by atoms with van der Waals surface area (Å²) < 4.78 is 5.70. The number of carbonyl (C=O) groups is 1. The Morgan fingerprint density at radius 2 is 2.00 bits per heavy atom. The van der Waals surface area contributed by atoms with Crippen molar-refractivity contribution in [3.05, 3.63) is 56.8 Å². The Hall–Kier alpha value is -2.47. The summed E-state index contributed by atoms with van der Waals surface area (Å²) in [5.41, 5.74) is 1.37. The molecule has 1 N–H and O–H groups in total. The monoisotopic (exact) mass is 340 g/mol. The van der Waals surface area contributed by atoms with Gasteiger partial charge in [-0.2, -0.15) is 4.98 Å². The van der Waals surface area contributed by atoms with Gasteiger partial charge in [0, 0.05) is 10.4 Å². The predicted octanol–water partition coefficient (Wildman–Crippen LogP) is 3.13. The van der Waals surface area contributed by atoms with Crippen LogP contribution in [0.25, 0.3) is 10.2 Å². The number of Topliss-reactive ketones (excluding diaryl/α,β-unsaturated/α-hetero) is 1. The van der Waals surface area contributed by atoms with Gasteiger partial charge in [-0.3, -0.25) is 9.78 Å². The number of carbonyl (C=O) groups excluding carboxylic acids is 1. The van der Waals surface area contributed by atoms with Crippen molar-refractivity contribution in [1.29, 1.82) is 0 Å². The summed E-state index contributed by atoms with van der Waals surface area (Å²) in [6, 6.07) is 9.00. The zero-order valence-electron chi connectivity index (χ0n) is 13.0. The minimum atomic E-state index is -0.441. The highest BCUT2D eigenvalue weighted by Gasteiger charge is 2.21. The maximum absolute atomic E-state index is 12.2. The van der Waals surface area contributed by atoms with Gasteiger partial charge in [-0.25, -0.2) is 4.79 Å². The second kappa shape index (κ2) is 6.20. The normalized spacial score (nSPS) is 13.7. The summed E-state index contributed by atoms with van der Waals surface area (Å²) in [4.78, 5) is 32.8. The zero-order valence-corrected chi connectivity index (χ0v) is 13.8. The molecule has 0 saturated carbocycles. The lowest BCUT2D eigenvalue weighted by Crippen LogP contribution is -2.16. The fraction of sp³-hybridized carbons (Fsp3) is 0.278. The third kappa shape index (κ3) is 2.73. The van der Waals surface area contributed by atoms with Crippen molar-refractivity contribution < 1.29 is 9.53 Å². The number of aromatic nitrogens is 2. The molecule has 4 rings (SSSR count). The Morgan fingerprint density at radius 1 is 1.21 bits per heavy atom. The van der Waals surface area contributed by atoms with E-state index in [0.717, 1.165) is 31.1 Å². The molecule has 6 heteroatoms. The maximum Gasteiger partial charge on any atom is 0.349 e. The Kier molecular flexibility index (Phi) is 3.90. The average Bonchev–Trinajstić information content (AvgIpc) is 2.98. The van der Waals surface area contributed by atoms with Crippen LogP contribution in [0.2, 0.25) is 0 Å². The van der Waals surface area contributed by atoms with Gasteiger partial charge < -0.3 is 4.74 Å². The summed E-state index contributed by atoms with van der Waals surface area (Å²) >= 11 is 1.56. The lowest BCUT2D eigenvalue weighted by Gasteiger charge is -2.12. The van der Waals surface area contributed by atoms with E-state index in [1.165, 1.54) is 10.4 Å². The van der Waals surface area contributed by atoms with Crippen molar-refractivity contribution in [3.63, 3.8) is 0 Å². The van der Waals surface area contributed by atoms with Gasteiger partial charge >= 0.3 is 5.69 Å².